The maximum Gasteiger partial charge on any atom is 0.0967 e. The lowest BCUT2D eigenvalue weighted by Crippen LogP contribution is -2.20. The van der Waals surface area contributed by atoms with E-state index in [1.807, 2.05) is 18.5 Å². The van der Waals surface area contributed by atoms with Crippen LogP contribution >= 0.6 is 0 Å². The summed E-state index contributed by atoms with van der Waals surface area (Å²) < 4.78 is 0. The third kappa shape index (κ3) is 2.49. The molecule has 0 aliphatic heterocycles. The van der Waals surface area contributed by atoms with Gasteiger partial charge in [-0.3, -0.25) is 9.97 Å². The van der Waals surface area contributed by atoms with E-state index in [0.717, 1.165) is 22.8 Å². The molecule has 0 fully saturated rings. The molecular weight excluding hydrogens is 258 g/mol. The number of hydrogen-bond donors (Lipinski definition) is 0. The summed E-state index contributed by atoms with van der Waals surface area (Å²) in [5, 5.41) is 2.36. The standard InChI is InChI=1S/C18H21N3/c1-4-6-16(21(2)3)14-10-12-20-18-15(14)9-8-13-7-5-11-19-17(13)18/h5,7-12,16H,4,6H2,1-3H3. The van der Waals surface area contributed by atoms with Crippen molar-refractivity contribution in [3.8, 4) is 0 Å². The lowest BCUT2D eigenvalue weighted by Gasteiger charge is -2.25. The minimum Gasteiger partial charge on any atom is -0.302 e. The molecule has 3 heteroatoms. The van der Waals surface area contributed by atoms with Gasteiger partial charge in [-0.2, -0.15) is 0 Å². The summed E-state index contributed by atoms with van der Waals surface area (Å²) in [6.07, 6.45) is 6.06. The zero-order chi connectivity index (χ0) is 14.8. The van der Waals surface area contributed by atoms with Crippen LogP contribution in [0.2, 0.25) is 0 Å². The molecular formula is C18H21N3. The fourth-order valence-electron chi connectivity index (χ4n) is 3.03. The smallest absolute Gasteiger partial charge is 0.0967 e. The van der Waals surface area contributed by atoms with Gasteiger partial charge in [-0.25, -0.2) is 0 Å². The summed E-state index contributed by atoms with van der Waals surface area (Å²) in [5.41, 5.74) is 3.35. The Morgan fingerprint density at radius 2 is 1.81 bits per heavy atom. The summed E-state index contributed by atoms with van der Waals surface area (Å²) in [5.74, 6) is 0. The van der Waals surface area contributed by atoms with Gasteiger partial charge in [0.05, 0.1) is 11.0 Å². The number of aromatic nitrogens is 2. The van der Waals surface area contributed by atoms with Crippen molar-refractivity contribution in [3.63, 3.8) is 0 Å². The second kappa shape index (κ2) is 5.78. The van der Waals surface area contributed by atoms with Crippen LogP contribution in [-0.2, 0) is 0 Å². The van der Waals surface area contributed by atoms with Crippen LogP contribution in [0, 0.1) is 0 Å². The highest BCUT2D eigenvalue weighted by Gasteiger charge is 2.17. The first-order valence-corrected chi connectivity index (χ1v) is 7.51. The zero-order valence-corrected chi connectivity index (χ0v) is 12.9. The Bertz CT molecular complexity index is 765. The van der Waals surface area contributed by atoms with Gasteiger partial charge in [0, 0.05) is 29.2 Å². The largest absolute Gasteiger partial charge is 0.302 e. The Kier molecular flexibility index (Phi) is 3.84. The first-order chi connectivity index (χ1) is 10.2. The van der Waals surface area contributed by atoms with Gasteiger partial charge in [-0.15, -0.1) is 0 Å². The molecule has 0 aliphatic rings. The predicted molar refractivity (Wildman–Crippen MR) is 88.4 cm³/mol. The third-order valence-electron chi connectivity index (χ3n) is 4.06. The van der Waals surface area contributed by atoms with E-state index in [9.17, 15) is 0 Å². The summed E-state index contributed by atoms with van der Waals surface area (Å²) in [6, 6.07) is 11.0. The van der Waals surface area contributed by atoms with Crippen molar-refractivity contribution < 1.29 is 0 Å². The molecule has 0 saturated heterocycles. The fourth-order valence-corrected chi connectivity index (χ4v) is 3.03. The predicted octanol–water partition coefficient (Wildman–Crippen LogP) is 4.19. The van der Waals surface area contributed by atoms with E-state index in [1.165, 1.54) is 17.4 Å². The average molecular weight is 279 g/mol. The Morgan fingerprint density at radius 3 is 2.57 bits per heavy atom. The molecule has 2 heterocycles. The van der Waals surface area contributed by atoms with Crippen LogP contribution in [0.15, 0.2) is 42.7 Å². The van der Waals surface area contributed by atoms with Crippen molar-refractivity contribution >= 4 is 21.8 Å². The first-order valence-electron chi connectivity index (χ1n) is 7.51. The van der Waals surface area contributed by atoms with Gasteiger partial charge in [0.25, 0.3) is 0 Å². The first kappa shape index (κ1) is 14.0. The molecule has 3 aromatic rings. The highest BCUT2D eigenvalue weighted by atomic mass is 15.1. The number of benzene rings is 1. The number of nitrogens with zero attached hydrogens (tertiary/aromatic N) is 3. The molecule has 0 aliphatic carbocycles. The fraction of sp³-hybridized carbons (Fsp3) is 0.333. The van der Waals surface area contributed by atoms with Gasteiger partial charge in [-0.1, -0.05) is 31.5 Å². The van der Waals surface area contributed by atoms with E-state index in [0.29, 0.717) is 6.04 Å². The Balaban J connectivity index is 2.27. The molecule has 1 aromatic carbocycles. The minimum atomic E-state index is 0.418. The molecule has 1 atom stereocenters. The molecule has 3 nitrogen and oxygen atoms in total. The van der Waals surface area contributed by atoms with Crippen molar-refractivity contribution in [2.45, 2.75) is 25.8 Å². The Labute approximate surface area is 125 Å². The van der Waals surface area contributed by atoms with Crippen molar-refractivity contribution in [2.75, 3.05) is 14.1 Å². The van der Waals surface area contributed by atoms with Gasteiger partial charge in [0.2, 0.25) is 0 Å². The summed E-state index contributed by atoms with van der Waals surface area (Å²) >= 11 is 0. The van der Waals surface area contributed by atoms with Crippen LogP contribution in [0.25, 0.3) is 21.8 Å². The van der Waals surface area contributed by atoms with Gasteiger partial charge >= 0.3 is 0 Å². The van der Waals surface area contributed by atoms with Gasteiger partial charge in [-0.05, 0) is 38.2 Å². The molecule has 3 rings (SSSR count). The topological polar surface area (TPSA) is 29.0 Å². The number of hydrogen-bond acceptors (Lipinski definition) is 3. The second-order valence-corrected chi connectivity index (χ2v) is 5.71. The molecule has 0 radical (unpaired) electrons. The molecule has 0 amide bonds. The Hall–Kier alpha value is -2.00. The maximum absolute atomic E-state index is 4.59. The third-order valence-corrected chi connectivity index (χ3v) is 4.06. The molecule has 0 saturated carbocycles. The normalized spacial score (nSPS) is 13.1. The van der Waals surface area contributed by atoms with Crippen molar-refractivity contribution in [1.82, 2.24) is 14.9 Å². The summed E-state index contributed by atoms with van der Waals surface area (Å²) in [4.78, 5) is 11.4. The van der Waals surface area contributed by atoms with E-state index in [4.69, 9.17) is 0 Å². The molecule has 2 aromatic heterocycles. The van der Waals surface area contributed by atoms with E-state index >= 15 is 0 Å². The van der Waals surface area contributed by atoms with Crippen molar-refractivity contribution in [1.29, 1.82) is 0 Å². The van der Waals surface area contributed by atoms with E-state index < -0.39 is 0 Å². The molecule has 21 heavy (non-hydrogen) atoms. The zero-order valence-electron chi connectivity index (χ0n) is 12.9. The van der Waals surface area contributed by atoms with Gasteiger partial charge in [0.15, 0.2) is 0 Å². The van der Waals surface area contributed by atoms with Crippen molar-refractivity contribution in [2.24, 2.45) is 0 Å². The molecule has 1 unspecified atom stereocenters. The SMILES string of the molecule is CCCC(c1ccnc2c1ccc1cccnc12)N(C)C. The van der Waals surface area contributed by atoms with E-state index in [1.54, 1.807) is 0 Å². The summed E-state index contributed by atoms with van der Waals surface area (Å²) in [7, 11) is 4.29. The second-order valence-electron chi connectivity index (χ2n) is 5.71. The molecule has 0 N–H and O–H groups in total. The lowest BCUT2D eigenvalue weighted by molar-refractivity contribution is 0.284. The van der Waals surface area contributed by atoms with E-state index in [2.05, 4.69) is 60.2 Å². The quantitative estimate of drug-likeness (QED) is 0.671. The van der Waals surface area contributed by atoms with Gasteiger partial charge in [0.1, 0.15) is 0 Å². The molecule has 0 spiro atoms. The number of fused-ring (bicyclic) bond motifs is 3. The highest BCUT2D eigenvalue weighted by Crippen LogP contribution is 2.31. The summed E-state index contributed by atoms with van der Waals surface area (Å²) in [6.45, 7) is 2.23. The van der Waals surface area contributed by atoms with Crippen LogP contribution in [-0.4, -0.2) is 29.0 Å². The van der Waals surface area contributed by atoms with Crippen LogP contribution in [0.4, 0.5) is 0 Å². The van der Waals surface area contributed by atoms with Crippen LogP contribution in [0.3, 0.4) is 0 Å². The average Bonchev–Trinajstić information content (AvgIpc) is 2.51. The minimum absolute atomic E-state index is 0.418. The van der Waals surface area contributed by atoms with Gasteiger partial charge < -0.3 is 4.90 Å². The monoisotopic (exact) mass is 279 g/mol. The van der Waals surface area contributed by atoms with Crippen molar-refractivity contribution in [3.05, 3.63) is 48.3 Å². The Morgan fingerprint density at radius 1 is 1.00 bits per heavy atom. The van der Waals surface area contributed by atoms with Crippen LogP contribution < -0.4 is 0 Å². The highest BCUT2D eigenvalue weighted by molar-refractivity contribution is 6.03. The number of rotatable bonds is 4. The molecule has 0 bridgehead atoms. The number of pyridine rings is 2. The maximum atomic E-state index is 4.59. The van der Waals surface area contributed by atoms with Crippen LogP contribution in [0.1, 0.15) is 31.4 Å². The van der Waals surface area contributed by atoms with Crippen LogP contribution in [0.5, 0.6) is 0 Å². The molecule has 108 valence electrons. The lowest BCUT2D eigenvalue weighted by atomic mass is 9.96. The van der Waals surface area contributed by atoms with E-state index in [-0.39, 0.29) is 0 Å².